The van der Waals surface area contributed by atoms with Gasteiger partial charge in [0.25, 0.3) is 0 Å². The third kappa shape index (κ3) is 7.20. The zero-order valence-corrected chi connectivity index (χ0v) is 20.4. The number of hydrogen-bond donors (Lipinski definition) is 4. The number of H-pyrrole nitrogens is 1. The van der Waals surface area contributed by atoms with Crippen LogP contribution in [0.1, 0.15) is 51.0 Å². The zero-order valence-electron chi connectivity index (χ0n) is 19.7. The fourth-order valence-electron chi connectivity index (χ4n) is 4.30. The second-order valence-corrected chi connectivity index (χ2v) is 9.07. The lowest BCUT2D eigenvalue weighted by molar-refractivity contribution is -0.135. The molecule has 9 heteroatoms. The number of nitrogens with zero attached hydrogens (tertiary/aromatic N) is 2. The van der Waals surface area contributed by atoms with E-state index in [1.807, 2.05) is 18.0 Å². The number of amides is 3. The van der Waals surface area contributed by atoms with E-state index in [2.05, 4.69) is 39.8 Å². The lowest BCUT2D eigenvalue weighted by Gasteiger charge is -2.36. The van der Waals surface area contributed by atoms with E-state index >= 15 is 0 Å². The number of urea groups is 1. The second kappa shape index (κ2) is 12.0. The molecule has 3 amide bonds. The summed E-state index contributed by atoms with van der Waals surface area (Å²) in [6, 6.07) is 6.32. The predicted molar refractivity (Wildman–Crippen MR) is 131 cm³/mol. The summed E-state index contributed by atoms with van der Waals surface area (Å²) in [5.41, 5.74) is 1.70. The average Bonchev–Trinajstić information content (AvgIpc) is 3.24. The molecule has 0 aliphatic carbocycles. The van der Waals surface area contributed by atoms with Gasteiger partial charge in [-0.05, 0) is 49.9 Å². The topological polar surface area (TPSA) is 102 Å². The molecule has 1 fully saturated rings. The summed E-state index contributed by atoms with van der Waals surface area (Å²) < 4.78 is 0. The van der Waals surface area contributed by atoms with Gasteiger partial charge in [-0.15, -0.1) is 0 Å². The third-order valence-electron chi connectivity index (χ3n) is 6.32. The molecule has 1 aliphatic rings. The zero-order chi connectivity index (χ0) is 23.8. The molecule has 1 aromatic carbocycles. The molecular weight excluding hydrogens is 440 g/mol. The third-order valence-corrected chi connectivity index (χ3v) is 6.57. The lowest BCUT2D eigenvalue weighted by Crippen LogP contribution is -2.55. The Morgan fingerprint density at radius 2 is 1.85 bits per heavy atom. The highest BCUT2D eigenvalue weighted by molar-refractivity contribution is 6.30. The number of anilines is 1. The summed E-state index contributed by atoms with van der Waals surface area (Å²) in [6.07, 6.45) is 5.24. The summed E-state index contributed by atoms with van der Waals surface area (Å²) >= 11 is 5.91. The van der Waals surface area contributed by atoms with E-state index in [0.29, 0.717) is 29.8 Å². The van der Waals surface area contributed by atoms with E-state index in [-0.39, 0.29) is 17.9 Å². The van der Waals surface area contributed by atoms with Crippen LogP contribution in [0.3, 0.4) is 0 Å². The highest BCUT2D eigenvalue weighted by atomic mass is 35.5. The van der Waals surface area contributed by atoms with Crippen molar-refractivity contribution in [3.63, 3.8) is 0 Å². The molecule has 1 unspecified atom stereocenters. The molecule has 1 aromatic heterocycles. The van der Waals surface area contributed by atoms with Crippen molar-refractivity contribution >= 4 is 29.2 Å². The van der Waals surface area contributed by atoms with Gasteiger partial charge in [-0.2, -0.15) is 0 Å². The number of imidazole rings is 1. The minimum absolute atomic E-state index is 0.00222. The number of hydrogen-bond acceptors (Lipinski definition) is 4. The average molecular weight is 475 g/mol. The lowest BCUT2D eigenvalue weighted by atomic mass is 9.92. The van der Waals surface area contributed by atoms with E-state index in [9.17, 15) is 9.59 Å². The number of rotatable bonds is 9. The number of aryl methyl sites for hydroxylation is 1. The molecule has 1 atom stereocenters. The molecule has 0 saturated carbocycles. The number of carbonyl (C=O) groups is 2. The van der Waals surface area contributed by atoms with Gasteiger partial charge < -0.3 is 25.8 Å². The summed E-state index contributed by atoms with van der Waals surface area (Å²) in [7, 11) is 0. The fourth-order valence-corrected chi connectivity index (χ4v) is 4.43. The number of aromatic amines is 1. The maximum Gasteiger partial charge on any atom is 0.319 e. The SMILES string of the molecule is CCC(CC)C(NC(=O)Nc1ccc(Cl)cc1)C(=O)N1CCC(NCc2cnc(C)[nH]2)CC1. The van der Waals surface area contributed by atoms with Gasteiger partial charge in [0.2, 0.25) is 5.91 Å². The van der Waals surface area contributed by atoms with E-state index in [0.717, 1.165) is 43.7 Å². The van der Waals surface area contributed by atoms with Crippen LogP contribution < -0.4 is 16.0 Å². The highest BCUT2D eigenvalue weighted by Crippen LogP contribution is 2.20. The van der Waals surface area contributed by atoms with Crippen molar-refractivity contribution < 1.29 is 9.59 Å². The van der Waals surface area contributed by atoms with Gasteiger partial charge in [0, 0.05) is 48.3 Å². The Hall–Kier alpha value is -2.58. The van der Waals surface area contributed by atoms with Crippen molar-refractivity contribution in [1.29, 1.82) is 0 Å². The van der Waals surface area contributed by atoms with Gasteiger partial charge >= 0.3 is 6.03 Å². The maximum absolute atomic E-state index is 13.4. The number of nitrogens with one attached hydrogen (secondary N) is 4. The summed E-state index contributed by atoms with van der Waals surface area (Å²) in [5.74, 6) is 0.984. The van der Waals surface area contributed by atoms with Crippen LogP contribution in [0.2, 0.25) is 5.02 Å². The van der Waals surface area contributed by atoms with Crippen LogP contribution in [0.5, 0.6) is 0 Å². The number of aromatic nitrogens is 2. The van der Waals surface area contributed by atoms with Gasteiger partial charge in [-0.1, -0.05) is 38.3 Å². The Balaban J connectivity index is 1.55. The van der Waals surface area contributed by atoms with Gasteiger partial charge in [0.15, 0.2) is 0 Å². The molecule has 2 aromatic rings. The number of benzene rings is 1. The highest BCUT2D eigenvalue weighted by Gasteiger charge is 2.33. The maximum atomic E-state index is 13.4. The van der Waals surface area contributed by atoms with Crippen LogP contribution in [0.15, 0.2) is 30.5 Å². The monoisotopic (exact) mass is 474 g/mol. The Labute approximate surface area is 200 Å². The number of likely N-dealkylation sites (tertiary alicyclic amines) is 1. The quantitative estimate of drug-likeness (QED) is 0.439. The van der Waals surface area contributed by atoms with Crippen molar-refractivity contribution in [3.05, 3.63) is 47.0 Å². The smallest absolute Gasteiger partial charge is 0.319 e. The van der Waals surface area contributed by atoms with Gasteiger partial charge in [0.1, 0.15) is 11.9 Å². The van der Waals surface area contributed by atoms with Crippen LogP contribution >= 0.6 is 11.6 Å². The fraction of sp³-hybridized carbons (Fsp3) is 0.542. The molecule has 8 nitrogen and oxygen atoms in total. The normalized spacial score (nSPS) is 15.5. The molecule has 0 bridgehead atoms. The van der Waals surface area contributed by atoms with Crippen molar-refractivity contribution in [3.8, 4) is 0 Å². The van der Waals surface area contributed by atoms with Crippen LogP contribution in [0, 0.1) is 12.8 Å². The van der Waals surface area contributed by atoms with Gasteiger partial charge in [-0.3, -0.25) is 4.79 Å². The van der Waals surface area contributed by atoms with Crippen LogP contribution in [-0.4, -0.2) is 52.0 Å². The van der Waals surface area contributed by atoms with E-state index in [4.69, 9.17) is 11.6 Å². The molecule has 180 valence electrons. The second-order valence-electron chi connectivity index (χ2n) is 8.63. The molecule has 2 heterocycles. The first-order chi connectivity index (χ1) is 15.9. The Morgan fingerprint density at radius 1 is 1.18 bits per heavy atom. The first kappa shape index (κ1) is 25.1. The standard InChI is InChI=1S/C24H35ClN6O2/c1-4-17(5-2)22(30-24(33)29-20-8-6-18(25)7-9-20)23(32)31-12-10-19(11-13-31)27-15-21-14-26-16(3)28-21/h6-9,14,17,19,22,27H,4-5,10-13,15H2,1-3H3,(H,26,28)(H2,29,30,33). The number of carbonyl (C=O) groups excluding carboxylic acids is 2. The van der Waals surface area contributed by atoms with Crippen LogP contribution in [-0.2, 0) is 11.3 Å². The Morgan fingerprint density at radius 3 is 2.42 bits per heavy atom. The summed E-state index contributed by atoms with van der Waals surface area (Å²) in [6.45, 7) is 8.14. The first-order valence-electron chi connectivity index (χ1n) is 11.7. The van der Waals surface area contributed by atoms with Crippen molar-refractivity contribution in [1.82, 2.24) is 25.5 Å². The van der Waals surface area contributed by atoms with Gasteiger partial charge in [0.05, 0.1) is 0 Å². The molecule has 33 heavy (non-hydrogen) atoms. The largest absolute Gasteiger partial charge is 0.345 e. The molecule has 1 aliphatic heterocycles. The van der Waals surface area contributed by atoms with Crippen LogP contribution in [0.25, 0.3) is 0 Å². The van der Waals surface area contributed by atoms with Gasteiger partial charge in [-0.25, -0.2) is 9.78 Å². The molecule has 4 N–H and O–H groups in total. The minimum Gasteiger partial charge on any atom is -0.345 e. The minimum atomic E-state index is -0.551. The Bertz CT molecular complexity index is 904. The van der Waals surface area contributed by atoms with Crippen molar-refractivity contribution in [2.75, 3.05) is 18.4 Å². The van der Waals surface area contributed by atoms with Crippen molar-refractivity contribution in [2.24, 2.45) is 5.92 Å². The van der Waals surface area contributed by atoms with Crippen LogP contribution in [0.4, 0.5) is 10.5 Å². The van der Waals surface area contributed by atoms with E-state index < -0.39 is 6.04 Å². The molecule has 3 rings (SSSR count). The molecule has 1 saturated heterocycles. The predicted octanol–water partition coefficient (Wildman–Crippen LogP) is 4.08. The van der Waals surface area contributed by atoms with E-state index in [1.165, 1.54) is 0 Å². The molecule has 0 spiro atoms. The number of halogens is 1. The van der Waals surface area contributed by atoms with E-state index in [1.54, 1.807) is 24.3 Å². The molecular formula is C24H35ClN6O2. The molecule has 0 radical (unpaired) electrons. The summed E-state index contributed by atoms with van der Waals surface area (Å²) in [5, 5.41) is 9.89. The number of piperidine rings is 1. The Kier molecular flexibility index (Phi) is 9.14. The first-order valence-corrected chi connectivity index (χ1v) is 12.1. The van der Waals surface area contributed by atoms with Crippen molar-refractivity contribution in [2.45, 2.75) is 65.1 Å². The summed E-state index contributed by atoms with van der Waals surface area (Å²) in [4.78, 5) is 35.4.